The molecule has 1 heterocycles. The molecule has 3 nitrogen and oxygen atoms in total. The Balaban J connectivity index is 2.19. The molecule has 1 aliphatic heterocycles. The quantitative estimate of drug-likeness (QED) is 0.839. The molecule has 0 bridgehead atoms. The molecule has 1 atom stereocenters. The van der Waals surface area contributed by atoms with Crippen LogP contribution in [-0.4, -0.2) is 32.1 Å². The van der Waals surface area contributed by atoms with Crippen LogP contribution in [0.4, 0.5) is 0 Å². The van der Waals surface area contributed by atoms with Crippen LogP contribution in [0, 0.1) is 0 Å². The Morgan fingerprint density at radius 3 is 2.50 bits per heavy atom. The first kappa shape index (κ1) is 13.8. The number of benzene rings is 1. The van der Waals surface area contributed by atoms with Crippen molar-refractivity contribution in [3.63, 3.8) is 0 Å². The molecule has 0 N–H and O–H groups in total. The van der Waals surface area contributed by atoms with Gasteiger partial charge in [0.15, 0.2) is 0 Å². The summed E-state index contributed by atoms with van der Waals surface area (Å²) in [5.41, 5.74) is 1.18. The number of sulfonamides is 1. The summed E-state index contributed by atoms with van der Waals surface area (Å²) in [6.07, 6.45) is 4.33. The summed E-state index contributed by atoms with van der Waals surface area (Å²) in [5.74, 6) is 0.277. The van der Waals surface area contributed by atoms with Gasteiger partial charge >= 0.3 is 0 Å². The summed E-state index contributed by atoms with van der Waals surface area (Å²) in [6, 6.07) is 7.73. The second kappa shape index (κ2) is 5.59. The highest BCUT2D eigenvalue weighted by Gasteiger charge is 2.24. The van der Waals surface area contributed by atoms with Gasteiger partial charge in [-0.15, -0.1) is 0 Å². The summed E-state index contributed by atoms with van der Waals surface area (Å²) < 4.78 is 24.9. The van der Waals surface area contributed by atoms with Gasteiger partial charge < -0.3 is 0 Å². The number of hydrogen-bond acceptors (Lipinski definition) is 2. The van der Waals surface area contributed by atoms with Gasteiger partial charge in [0.25, 0.3) is 0 Å². The van der Waals surface area contributed by atoms with E-state index in [2.05, 4.69) is 0 Å². The fourth-order valence-corrected chi connectivity index (χ4v) is 3.45. The van der Waals surface area contributed by atoms with Gasteiger partial charge in [0.1, 0.15) is 0 Å². The summed E-state index contributed by atoms with van der Waals surface area (Å²) in [5, 5.41) is 0.715. The lowest BCUT2D eigenvalue weighted by Gasteiger charge is -2.22. The van der Waals surface area contributed by atoms with Crippen molar-refractivity contribution in [3.8, 4) is 0 Å². The smallest absolute Gasteiger partial charge is 0.211 e. The average Bonchev–Trinajstić information content (AvgIpc) is 2.55. The average molecular weight is 288 g/mol. The van der Waals surface area contributed by atoms with E-state index in [1.54, 1.807) is 4.31 Å². The molecule has 1 aromatic rings. The van der Waals surface area contributed by atoms with E-state index in [-0.39, 0.29) is 5.92 Å². The second-order valence-corrected chi connectivity index (χ2v) is 7.28. The molecule has 1 fully saturated rings. The Morgan fingerprint density at radius 1 is 1.22 bits per heavy atom. The van der Waals surface area contributed by atoms with Crippen molar-refractivity contribution in [2.75, 3.05) is 19.3 Å². The summed E-state index contributed by atoms with van der Waals surface area (Å²) in [6.45, 7) is 1.23. The van der Waals surface area contributed by atoms with E-state index in [1.165, 1.54) is 11.8 Å². The van der Waals surface area contributed by atoms with Gasteiger partial charge in [-0.1, -0.05) is 30.2 Å². The maximum atomic E-state index is 11.7. The highest BCUT2D eigenvalue weighted by molar-refractivity contribution is 7.88. The Labute approximate surface area is 114 Å². The maximum absolute atomic E-state index is 11.7. The van der Waals surface area contributed by atoms with Crippen LogP contribution in [-0.2, 0) is 10.0 Å². The molecular weight excluding hydrogens is 270 g/mol. The van der Waals surface area contributed by atoms with E-state index in [4.69, 9.17) is 11.6 Å². The minimum atomic E-state index is -3.09. The van der Waals surface area contributed by atoms with E-state index in [0.29, 0.717) is 18.1 Å². The Bertz CT molecular complexity index is 498. The molecule has 0 radical (unpaired) electrons. The first-order chi connectivity index (χ1) is 8.47. The minimum absolute atomic E-state index is 0.277. The molecule has 100 valence electrons. The lowest BCUT2D eigenvalue weighted by Crippen LogP contribution is -2.33. The van der Waals surface area contributed by atoms with Gasteiger partial charge in [0, 0.05) is 18.1 Å². The summed E-state index contributed by atoms with van der Waals surface area (Å²) in [7, 11) is -3.09. The van der Waals surface area contributed by atoms with Crippen molar-refractivity contribution in [2.24, 2.45) is 0 Å². The second-order valence-electron chi connectivity index (χ2n) is 4.87. The van der Waals surface area contributed by atoms with Crippen molar-refractivity contribution in [3.05, 3.63) is 34.9 Å². The fourth-order valence-electron chi connectivity index (χ4n) is 2.42. The molecule has 1 aliphatic rings. The third kappa shape index (κ3) is 3.46. The lowest BCUT2D eigenvalue weighted by molar-refractivity contribution is 0.410. The van der Waals surface area contributed by atoms with E-state index in [1.807, 2.05) is 24.3 Å². The Morgan fingerprint density at radius 2 is 1.89 bits per heavy atom. The van der Waals surface area contributed by atoms with Gasteiger partial charge in [0.05, 0.1) is 6.26 Å². The predicted molar refractivity (Wildman–Crippen MR) is 74.5 cm³/mol. The van der Waals surface area contributed by atoms with Crippen molar-refractivity contribution in [1.82, 2.24) is 4.31 Å². The van der Waals surface area contributed by atoms with Crippen LogP contribution < -0.4 is 0 Å². The molecule has 0 spiro atoms. The standard InChI is InChI=1S/C13H18ClNO2S/c1-18(16,17)15-9-3-2-4-12(10-15)11-5-7-13(14)8-6-11/h5-8,12H,2-4,9-10H2,1H3/t12-/m0/s1. The zero-order valence-electron chi connectivity index (χ0n) is 10.5. The molecule has 1 saturated heterocycles. The highest BCUT2D eigenvalue weighted by atomic mass is 35.5. The summed E-state index contributed by atoms with van der Waals surface area (Å²) >= 11 is 5.88. The van der Waals surface area contributed by atoms with Gasteiger partial charge in [-0.2, -0.15) is 0 Å². The summed E-state index contributed by atoms with van der Waals surface area (Å²) in [4.78, 5) is 0. The largest absolute Gasteiger partial charge is 0.213 e. The zero-order chi connectivity index (χ0) is 13.2. The first-order valence-corrected chi connectivity index (χ1v) is 8.40. The molecule has 0 amide bonds. The normalized spacial score (nSPS) is 22.7. The first-order valence-electron chi connectivity index (χ1n) is 6.17. The lowest BCUT2D eigenvalue weighted by atomic mass is 9.95. The van der Waals surface area contributed by atoms with Gasteiger partial charge in [0.2, 0.25) is 10.0 Å². The van der Waals surface area contributed by atoms with Crippen LogP contribution in [0.2, 0.25) is 5.02 Å². The van der Waals surface area contributed by atoms with Crippen molar-refractivity contribution in [1.29, 1.82) is 0 Å². The third-order valence-corrected chi connectivity index (χ3v) is 4.97. The molecule has 0 unspecified atom stereocenters. The van der Waals surface area contributed by atoms with E-state index < -0.39 is 10.0 Å². The number of halogens is 1. The predicted octanol–water partition coefficient (Wildman–Crippen LogP) is 2.87. The van der Waals surface area contributed by atoms with Crippen molar-refractivity contribution >= 4 is 21.6 Å². The maximum Gasteiger partial charge on any atom is 0.211 e. The van der Waals surface area contributed by atoms with E-state index in [9.17, 15) is 8.42 Å². The van der Waals surface area contributed by atoms with Crippen LogP contribution in [0.25, 0.3) is 0 Å². The topological polar surface area (TPSA) is 37.4 Å². The van der Waals surface area contributed by atoms with Crippen LogP contribution >= 0.6 is 11.6 Å². The van der Waals surface area contributed by atoms with Crippen LogP contribution in [0.15, 0.2) is 24.3 Å². The van der Waals surface area contributed by atoms with E-state index >= 15 is 0 Å². The highest BCUT2D eigenvalue weighted by Crippen LogP contribution is 2.28. The SMILES string of the molecule is CS(=O)(=O)N1CCCC[C@H](c2ccc(Cl)cc2)C1. The monoisotopic (exact) mass is 287 g/mol. The van der Waals surface area contributed by atoms with Crippen LogP contribution in [0.5, 0.6) is 0 Å². The van der Waals surface area contributed by atoms with Gasteiger partial charge in [-0.05, 0) is 36.5 Å². The zero-order valence-corrected chi connectivity index (χ0v) is 12.0. The van der Waals surface area contributed by atoms with E-state index in [0.717, 1.165) is 19.3 Å². The number of hydrogen-bond donors (Lipinski definition) is 0. The van der Waals surface area contributed by atoms with Gasteiger partial charge in [-0.3, -0.25) is 0 Å². The molecule has 1 aromatic carbocycles. The number of nitrogens with zero attached hydrogens (tertiary/aromatic N) is 1. The third-order valence-electron chi connectivity index (χ3n) is 3.44. The molecule has 0 saturated carbocycles. The molecule has 5 heteroatoms. The fraction of sp³-hybridized carbons (Fsp3) is 0.538. The van der Waals surface area contributed by atoms with Crippen molar-refractivity contribution < 1.29 is 8.42 Å². The van der Waals surface area contributed by atoms with Crippen LogP contribution in [0.3, 0.4) is 0 Å². The minimum Gasteiger partial charge on any atom is -0.213 e. The molecule has 18 heavy (non-hydrogen) atoms. The molecular formula is C13H18ClNO2S. The Hall–Kier alpha value is -0.580. The molecule has 0 aliphatic carbocycles. The molecule has 0 aromatic heterocycles. The number of rotatable bonds is 2. The molecule has 2 rings (SSSR count). The van der Waals surface area contributed by atoms with Gasteiger partial charge in [-0.25, -0.2) is 12.7 Å². The Kier molecular flexibility index (Phi) is 4.30. The van der Waals surface area contributed by atoms with Crippen LogP contribution in [0.1, 0.15) is 30.7 Å². The van der Waals surface area contributed by atoms with Crippen molar-refractivity contribution in [2.45, 2.75) is 25.2 Å².